The second kappa shape index (κ2) is 5.96. The molecular formula is C18H22ClNO2. The zero-order valence-electron chi connectivity index (χ0n) is 13.2. The standard InChI is InChI=1S/C18H22ClNO2/c1-18(2,22-16-7-5-15(19)6-8-16)17(21)20-11-9-14(10-12-20)13-3-4-13/h5-8H,3-4,9-12H2,1-2H3. The molecule has 1 amide bonds. The maximum absolute atomic E-state index is 12.7. The van der Waals surface area contributed by atoms with Gasteiger partial charge in [-0.1, -0.05) is 22.7 Å². The summed E-state index contributed by atoms with van der Waals surface area (Å²) >= 11 is 5.88. The molecule has 3 nitrogen and oxygen atoms in total. The molecule has 1 aromatic carbocycles. The van der Waals surface area contributed by atoms with Gasteiger partial charge in [-0.3, -0.25) is 4.79 Å². The lowest BCUT2D eigenvalue weighted by molar-refractivity contribution is -0.145. The average Bonchev–Trinajstić information content (AvgIpc) is 3.34. The maximum atomic E-state index is 12.7. The Hall–Kier alpha value is -1.48. The fourth-order valence-electron chi connectivity index (χ4n) is 2.97. The molecule has 1 aliphatic carbocycles. The summed E-state index contributed by atoms with van der Waals surface area (Å²) in [7, 11) is 0. The van der Waals surface area contributed by atoms with Crippen molar-refractivity contribution >= 4 is 17.5 Å². The Morgan fingerprint density at radius 3 is 2.14 bits per heavy atom. The van der Waals surface area contributed by atoms with Gasteiger partial charge in [0.1, 0.15) is 5.75 Å². The summed E-state index contributed by atoms with van der Waals surface area (Å²) in [5, 5.41) is 0.660. The van der Waals surface area contributed by atoms with Crippen LogP contribution in [0.1, 0.15) is 39.5 Å². The van der Waals surface area contributed by atoms with Crippen LogP contribution in [0.25, 0.3) is 0 Å². The number of hydrogen-bond donors (Lipinski definition) is 0. The molecule has 1 aromatic rings. The van der Waals surface area contributed by atoms with E-state index in [1.54, 1.807) is 35.4 Å². The van der Waals surface area contributed by atoms with Crippen LogP contribution in [-0.4, -0.2) is 29.5 Å². The van der Waals surface area contributed by atoms with Crippen molar-refractivity contribution < 1.29 is 9.53 Å². The van der Waals surface area contributed by atoms with Gasteiger partial charge in [0, 0.05) is 18.1 Å². The lowest BCUT2D eigenvalue weighted by Crippen LogP contribution is -2.50. The Labute approximate surface area is 136 Å². The zero-order chi connectivity index (χ0) is 15.7. The molecule has 118 valence electrons. The van der Waals surface area contributed by atoms with Crippen LogP contribution in [0.3, 0.4) is 0 Å². The number of benzene rings is 1. The van der Waals surface area contributed by atoms with Gasteiger partial charge in [0.05, 0.1) is 0 Å². The molecule has 0 atom stereocenters. The molecular weight excluding hydrogens is 298 g/mol. The molecule has 0 bridgehead atoms. The Bertz CT molecular complexity index is 588. The van der Waals surface area contributed by atoms with Crippen molar-refractivity contribution in [3.63, 3.8) is 0 Å². The Kier molecular flexibility index (Phi) is 4.18. The van der Waals surface area contributed by atoms with Crippen LogP contribution in [0, 0.1) is 0 Å². The van der Waals surface area contributed by atoms with E-state index in [1.165, 1.54) is 12.8 Å². The van der Waals surface area contributed by atoms with E-state index >= 15 is 0 Å². The van der Waals surface area contributed by atoms with Gasteiger partial charge >= 0.3 is 0 Å². The molecule has 0 aromatic heterocycles. The molecule has 4 heteroatoms. The molecule has 1 aliphatic heterocycles. The third-order valence-corrected chi connectivity index (χ3v) is 4.61. The highest BCUT2D eigenvalue weighted by Crippen LogP contribution is 2.36. The van der Waals surface area contributed by atoms with E-state index in [0.29, 0.717) is 10.8 Å². The summed E-state index contributed by atoms with van der Waals surface area (Å²) in [4.78, 5) is 14.7. The Balaban J connectivity index is 1.62. The third-order valence-electron chi connectivity index (χ3n) is 4.36. The number of nitrogens with zero attached hydrogens (tertiary/aromatic N) is 1. The number of rotatable bonds is 3. The van der Waals surface area contributed by atoms with Crippen LogP contribution in [0.5, 0.6) is 5.75 Å². The quantitative estimate of drug-likeness (QED) is 0.781. The first-order valence-electron chi connectivity index (χ1n) is 7.89. The van der Waals surface area contributed by atoms with E-state index in [2.05, 4.69) is 0 Å². The number of amides is 1. The normalized spacial score (nSPS) is 18.4. The summed E-state index contributed by atoms with van der Waals surface area (Å²) < 4.78 is 5.90. The fraction of sp³-hybridized carbons (Fsp3) is 0.500. The van der Waals surface area contributed by atoms with Crippen LogP contribution in [-0.2, 0) is 4.79 Å². The lowest BCUT2D eigenvalue weighted by atomic mass is 10.00. The fourth-order valence-corrected chi connectivity index (χ4v) is 3.10. The molecule has 2 aliphatic rings. The van der Waals surface area contributed by atoms with Gasteiger partial charge < -0.3 is 9.64 Å². The SMILES string of the molecule is CC(C)(Oc1ccc(Cl)cc1)C(=O)N1CCC(=C2CC2)CC1. The van der Waals surface area contributed by atoms with Gasteiger partial charge in [0.15, 0.2) is 5.60 Å². The predicted octanol–water partition coefficient (Wildman–Crippen LogP) is 4.21. The van der Waals surface area contributed by atoms with Gasteiger partial charge in [-0.2, -0.15) is 0 Å². The highest BCUT2D eigenvalue weighted by atomic mass is 35.5. The zero-order valence-corrected chi connectivity index (χ0v) is 13.9. The lowest BCUT2D eigenvalue weighted by Gasteiger charge is -2.35. The number of likely N-dealkylation sites (tertiary alicyclic amines) is 1. The number of piperidine rings is 1. The molecule has 0 unspecified atom stereocenters. The summed E-state index contributed by atoms with van der Waals surface area (Å²) in [6.45, 7) is 5.29. The van der Waals surface area contributed by atoms with Gasteiger partial charge in [-0.25, -0.2) is 0 Å². The molecule has 1 heterocycles. The van der Waals surface area contributed by atoms with Crippen LogP contribution in [0.15, 0.2) is 35.4 Å². The Morgan fingerprint density at radius 2 is 1.59 bits per heavy atom. The summed E-state index contributed by atoms with van der Waals surface area (Å²) in [5.41, 5.74) is 2.35. The monoisotopic (exact) mass is 319 g/mol. The van der Waals surface area contributed by atoms with E-state index in [9.17, 15) is 4.79 Å². The highest BCUT2D eigenvalue weighted by molar-refractivity contribution is 6.30. The molecule has 3 rings (SSSR count). The first kappa shape index (κ1) is 15.4. The number of ether oxygens (including phenoxy) is 1. The number of allylic oxidation sites excluding steroid dienone is 1. The Morgan fingerprint density at radius 1 is 1.05 bits per heavy atom. The number of hydrogen-bond acceptors (Lipinski definition) is 2. The summed E-state index contributed by atoms with van der Waals surface area (Å²) in [6.07, 6.45) is 4.60. The van der Waals surface area contributed by atoms with Gasteiger partial charge in [0.2, 0.25) is 0 Å². The van der Waals surface area contributed by atoms with E-state index in [1.807, 2.05) is 18.7 Å². The number of carbonyl (C=O) groups is 1. The van der Waals surface area contributed by atoms with E-state index in [-0.39, 0.29) is 5.91 Å². The highest BCUT2D eigenvalue weighted by Gasteiger charge is 2.35. The van der Waals surface area contributed by atoms with Crippen LogP contribution in [0.4, 0.5) is 0 Å². The van der Waals surface area contributed by atoms with E-state index < -0.39 is 5.60 Å². The molecule has 0 spiro atoms. The second-order valence-corrected chi connectivity index (χ2v) is 7.00. The van der Waals surface area contributed by atoms with Crippen molar-refractivity contribution in [1.82, 2.24) is 4.90 Å². The molecule has 1 saturated carbocycles. The van der Waals surface area contributed by atoms with Crippen LogP contribution >= 0.6 is 11.6 Å². The number of halogens is 1. The van der Waals surface area contributed by atoms with Crippen molar-refractivity contribution in [2.75, 3.05) is 13.1 Å². The van der Waals surface area contributed by atoms with E-state index in [0.717, 1.165) is 25.9 Å². The first-order chi connectivity index (χ1) is 10.5. The van der Waals surface area contributed by atoms with Crippen molar-refractivity contribution in [3.05, 3.63) is 40.4 Å². The largest absolute Gasteiger partial charge is 0.478 e. The second-order valence-electron chi connectivity index (χ2n) is 6.57. The smallest absolute Gasteiger partial charge is 0.266 e. The minimum absolute atomic E-state index is 0.0577. The average molecular weight is 320 g/mol. The van der Waals surface area contributed by atoms with Gasteiger partial charge in [-0.05, 0) is 63.8 Å². The first-order valence-corrected chi connectivity index (χ1v) is 8.27. The van der Waals surface area contributed by atoms with Crippen molar-refractivity contribution in [1.29, 1.82) is 0 Å². The van der Waals surface area contributed by atoms with Crippen LogP contribution < -0.4 is 4.74 Å². The molecule has 0 N–H and O–H groups in total. The van der Waals surface area contributed by atoms with Crippen molar-refractivity contribution in [2.24, 2.45) is 0 Å². The van der Waals surface area contributed by atoms with Gasteiger partial charge in [-0.15, -0.1) is 0 Å². The number of carbonyl (C=O) groups excluding carboxylic acids is 1. The summed E-state index contributed by atoms with van der Waals surface area (Å²) in [5.74, 6) is 0.725. The van der Waals surface area contributed by atoms with Crippen LogP contribution in [0.2, 0.25) is 5.02 Å². The predicted molar refractivity (Wildman–Crippen MR) is 88.2 cm³/mol. The van der Waals surface area contributed by atoms with Crippen molar-refractivity contribution in [3.8, 4) is 5.75 Å². The van der Waals surface area contributed by atoms with Gasteiger partial charge in [0.25, 0.3) is 5.91 Å². The molecule has 2 fully saturated rings. The molecule has 0 radical (unpaired) electrons. The molecule has 22 heavy (non-hydrogen) atoms. The maximum Gasteiger partial charge on any atom is 0.266 e. The summed E-state index contributed by atoms with van der Waals surface area (Å²) in [6, 6.07) is 7.13. The minimum atomic E-state index is -0.863. The van der Waals surface area contributed by atoms with Crippen molar-refractivity contribution in [2.45, 2.75) is 45.1 Å². The topological polar surface area (TPSA) is 29.5 Å². The van der Waals surface area contributed by atoms with E-state index in [4.69, 9.17) is 16.3 Å². The molecule has 1 saturated heterocycles. The minimum Gasteiger partial charge on any atom is -0.478 e. The third kappa shape index (κ3) is 3.46.